The fourth-order valence-corrected chi connectivity index (χ4v) is 2.72. The Morgan fingerprint density at radius 3 is 2.81 bits per heavy atom. The van der Waals surface area contributed by atoms with Crippen molar-refractivity contribution in [2.45, 2.75) is 32.4 Å². The average Bonchev–Trinajstić information content (AvgIpc) is 3.04. The number of nitrogens with zero attached hydrogens (tertiary/aromatic N) is 4. The molecule has 0 spiro atoms. The number of benzene rings is 1. The maximum absolute atomic E-state index is 10.4. The summed E-state index contributed by atoms with van der Waals surface area (Å²) in [5, 5.41) is 10.4. The van der Waals surface area contributed by atoms with Crippen LogP contribution in [0.25, 0.3) is 11.0 Å². The molecular formula is C16H20N4O. The van der Waals surface area contributed by atoms with E-state index in [1.807, 2.05) is 36.0 Å². The van der Waals surface area contributed by atoms with E-state index in [1.165, 1.54) is 0 Å². The zero-order valence-electron chi connectivity index (χ0n) is 12.4. The highest BCUT2D eigenvalue weighted by Gasteiger charge is 2.18. The van der Waals surface area contributed by atoms with Gasteiger partial charge in [0, 0.05) is 32.4 Å². The second-order valence-electron chi connectivity index (χ2n) is 5.28. The first-order valence-corrected chi connectivity index (χ1v) is 7.30. The van der Waals surface area contributed by atoms with E-state index in [9.17, 15) is 5.11 Å². The van der Waals surface area contributed by atoms with E-state index in [4.69, 9.17) is 0 Å². The van der Waals surface area contributed by atoms with Crippen molar-refractivity contribution in [1.82, 2.24) is 19.1 Å². The molecule has 0 aliphatic rings. The molecule has 0 bridgehead atoms. The molecule has 2 aromatic heterocycles. The number of imidazole rings is 2. The fourth-order valence-electron chi connectivity index (χ4n) is 2.72. The van der Waals surface area contributed by atoms with E-state index in [2.05, 4.69) is 27.5 Å². The van der Waals surface area contributed by atoms with Crippen molar-refractivity contribution >= 4 is 11.0 Å². The third-order valence-corrected chi connectivity index (χ3v) is 3.71. The molecule has 0 fully saturated rings. The molecular weight excluding hydrogens is 264 g/mol. The first-order chi connectivity index (χ1) is 10.2. The monoisotopic (exact) mass is 284 g/mol. The Hall–Kier alpha value is -2.14. The smallest absolute Gasteiger partial charge is 0.137 e. The molecule has 1 atom stereocenters. The minimum absolute atomic E-state index is 0.472. The maximum Gasteiger partial charge on any atom is 0.137 e. The Morgan fingerprint density at radius 1 is 1.29 bits per heavy atom. The van der Waals surface area contributed by atoms with Gasteiger partial charge in [-0.1, -0.05) is 19.1 Å². The van der Waals surface area contributed by atoms with Crippen molar-refractivity contribution in [3.8, 4) is 0 Å². The normalized spacial score (nSPS) is 12.9. The summed E-state index contributed by atoms with van der Waals surface area (Å²) in [5.41, 5.74) is 2.11. The molecule has 0 amide bonds. The van der Waals surface area contributed by atoms with Crippen LogP contribution in [0, 0.1) is 0 Å². The fraction of sp³-hybridized carbons (Fsp3) is 0.375. The van der Waals surface area contributed by atoms with Crippen LogP contribution >= 0.6 is 0 Å². The van der Waals surface area contributed by atoms with Crippen LogP contribution in [0.4, 0.5) is 0 Å². The number of hydrogen-bond donors (Lipinski definition) is 1. The number of fused-ring (bicyclic) bond motifs is 1. The summed E-state index contributed by atoms with van der Waals surface area (Å²) >= 11 is 0. The molecule has 1 unspecified atom stereocenters. The summed E-state index contributed by atoms with van der Waals surface area (Å²) in [4.78, 5) is 8.89. The Labute approximate surface area is 123 Å². The van der Waals surface area contributed by atoms with Gasteiger partial charge >= 0.3 is 0 Å². The number of hydrogen-bond acceptors (Lipinski definition) is 3. The molecule has 5 heteroatoms. The molecule has 3 aromatic rings. The van der Waals surface area contributed by atoms with E-state index in [0.717, 1.165) is 29.8 Å². The minimum Gasteiger partial charge on any atom is -0.385 e. The highest BCUT2D eigenvalue weighted by Crippen LogP contribution is 2.21. The Morgan fingerprint density at radius 2 is 2.10 bits per heavy atom. The second-order valence-corrected chi connectivity index (χ2v) is 5.28. The van der Waals surface area contributed by atoms with Crippen molar-refractivity contribution in [2.75, 3.05) is 0 Å². The quantitative estimate of drug-likeness (QED) is 0.783. The topological polar surface area (TPSA) is 55.9 Å². The summed E-state index contributed by atoms with van der Waals surface area (Å²) in [6.07, 6.45) is 4.41. The average molecular weight is 284 g/mol. The van der Waals surface area contributed by atoms with Gasteiger partial charge in [0.05, 0.1) is 11.0 Å². The highest BCUT2D eigenvalue weighted by atomic mass is 16.3. The third kappa shape index (κ3) is 2.56. The Balaban J connectivity index is 1.96. The molecule has 0 aliphatic heterocycles. The van der Waals surface area contributed by atoms with Crippen molar-refractivity contribution in [3.63, 3.8) is 0 Å². The van der Waals surface area contributed by atoms with Gasteiger partial charge in [-0.25, -0.2) is 9.97 Å². The van der Waals surface area contributed by atoms with Crippen LogP contribution < -0.4 is 0 Å². The number of para-hydroxylation sites is 2. The zero-order valence-corrected chi connectivity index (χ0v) is 12.4. The number of aliphatic hydroxyl groups excluding tert-OH is 1. The second kappa shape index (κ2) is 5.69. The van der Waals surface area contributed by atoms with Crippen LogP contribution in [-0.4, -0.2) is 24.2 Å². The molecule has 110 valence electrons. The van der Waals surface area contributed by atoms with Gasteiger partial charge in [0.25, 0.3) is 0 Å². The lowest BCUT2D eigenvalue weighted by Crippen LogP contribution is -2.12. The zero-order chi connectivity index (χ0) is 14.8. The van der Waals surface area contributed by atoms with Crippen LogP contribution in [0.2, 0.25) is 0 Å². The van der Waals surface area contributed by atoms with E-state index < -0.39 is 6.10 Å². The predicted octanol–water partition coefficient (Wildman–Crippen LogP) is 2.46. The third-order valence-electron chi connectivity index (χ3n) is 3.71. The summed E-state index contributed by atoms with van der Waals surface area (Å²) in [7, 11) is 1.89. The summed E-state index contributed by atoms with van der Waals surface area (Å²) < 4.78 is 4.04. The van der Waals surface area contributed by atoms with E-state index in [-0.39, 0.29) is 0 Å². The Kier molecular flexibility index (Phi) is 3.75. The van der Waals surface area contributed by atoms with Crippen LogP contribution in [0.3, 0.4) is 0 Å². The van der Waals surface area contributed by atoms with Gasteiger partial charge < -0.3 is 14.2 Å². The lowest BCUT2D eigenvalue weighted by Gasteiger charge is -2.12. The first-order valence-electron chi connectivity index (χ1n) is 7.30. The van der Waals surface area contributed by atoms with Gasteiger partial charge in [0.1, 0.15) is 17.8 Å². The van der Waals surface area contributed by atoms with Gasteiger partial charge in [-0.2, -0.15) is 0 Å². The van der Waals surface area contributed by atoms with Gasteiger partial charge in [0.15, 0.2) is 0 Å². The van der Waals surface area contributed by atoms with E-state index >= 15 is 0 Å². The highest BCUT2D eigenvalue weighted by molar-refractivity contribution is 5.75. The molecule has 2 heterocycles. The van der Waals surface area contributed by atoms with Crippen molar-refractivity contribution in [1.29, 1.82) is 0 Å². The molecule has 0 saturated carbocycles. The summed E-state index contributed by atoms with van der Waals surface area (Å²) in [6.45, 7) is 3.05. The molecule has 0 aliphatic carbocycles. The van der Waals surface area contributed by atoms with Crippen LogP contribution in [0.15, 0.2) is 36.7 Å². The van der Waals surface area contributed by atoms with E-state index in [0.29, 0.717) is 12.2 Å². The molecule has 3 rings (SSSR count). The van der Waals surface area contributed by atoms with Crippen LogP contribution in [-0.2, 0) is 20.0 Å². The summed E-state index contributed by atoms with van der Waals surface area (Å²) in [5.74, 6) is 1.58. The number of aryl methyl sites for hydroxylation is 2. The summed E-state index contributed by atoms with van der Waals surface area (Å²) in [6, 6.07) is 8.10. The van der Waals surface area contributed by atoms with Gasteiger partial charge in [-0.05, 0) is 18.6 Å². The number of rotatable bonds is 5. The minimum atomic E-state index is -0.641. The maximum atomic E-state index is 10.4. The van der Waals surface area contributed by atoms with Crippen molar-refractivity contribution < 1.29 is 5.11 Å². The molecule has 0 radical (unpaired) electrons. The van der Waals surface area contributed by atoms with Gasteiger partial charge in [-0.3, -0.25) is 0 Å². The van der Waals surface area contributed by atoms with Crippen molar-refractivity contribution in [2.24, 2.45) is 7.05 Å². The number of aliphatic hydroxyl groups is 1. The predicted molar refractivity (Wildman–Crippen MR) is 81.9 cm³/mol. The SMILES string of the molecule is CCCn1c(CC(O)c2nccn2C)nc2ccccc21. The van der Waals surface area contributed by atoms with Gasteiger partial charge in [0.2, 0.25) is 0 Å². The molecule has 1 aromatic carbocycles. The van der Waals surface area contributed by atoms with E-state index in [1.54, 1.807) is 6.20 Å². The van der Waals surface area contributed by atoms with Gasteiger partial charge in [-0.15, -0.1) is 0 Å². The first kappa shape index (κ1) is 13.8. The lowest BCUT2D eigenvalue weighted by molar-refractivity contribution is 0.161. The lowest BCUT2D eigenvalue weighted by atomic mass is 10.2. The van der Waals surface area contributed by atoms with Crippen LogP contribution in [0.5, 0.6) is 0 Å². The Bertz CT molecular complexity index is 744. The van der Waals surface area contributed by atoms with Crippen molar-refractivity contribution in [3.05, 3.63) is 48.3 Å². The standard InChI is InChI=1S/C16H20N4O/c1-3-9-20-13-7-5-4-6-12(13)18-15(20)11-14(21)16-17-8-10-19(16)2/h4-8,10,14,21H,3,9,11H2,1-2H3. The molecule has 5 nitrogen and oxygen atoms in total. The molecule has 1 N–H and O–H groups in total. The molecule has 0 saturated heterocycles. The van der Waals surface area contributed by atoms with Crippen LogP contribution in [0.1, 0.15) is 31.1 Å². The molecule has 21 heavy (non-hydrogen) atoms. The number of aromatic nitrogens is 4. The largest absolute Gasteiger partial charge is 0.385 e.